The Hall–Kier alpha value is -1.91. The highest BCUT2D eigenvalue weighted by molar-refractivity contribution is 5.82. The molecule has 0 unspecified atom stereocenters. The average molecular weight is 191 g/mol. The summed E-state index contributed by atoms with van der Waals surface area (Å²) in [6.07, 6.45) is 1.70. The van der Waals surface area contributed by atoms with Gasteiger partial charge in [-0.25, -0.2) is 0 Å². The molecular weight excluding hydrogens is 182 g/mol. The van der Waals surface area contributed by atoms with Gasteiger partial charge in [0.05, 0.1) is 16.6 Å². The van der Waals surface area contributed by atoms with Crippen molar-refractivity contribution in [3.8, 4) is 0 Å². The molecule has 0 spiro atoms. The van der Waals surface area contributed by atoms with Crippen molar-refractivity contribution < 1.29 is 4.92 Å². The Morgan fingerprint density at radius 3 is 2.86 bits per heavy atom. The molecule has 2 aromatic rings. The van der Waals surface area contributed by atoms with Gasteiger partial charge in [-0.1, -0.05) is 0 Å². The van der Waals surface area contributed by atoms with Crippen LogP contribution < -0.4 is 0 Å². The van der Waals surface area contributed by atoms with E-state index in [1.165, 1.54) is 0 Å². The van der Waals surface area contributed by atoms with Crippen molar-refractivity contribution in [3.63, 3.8) is 0 Å². The second kappa shape index (κ2) is 2.80. The van der Waals surface area contributed by atoms with Crippen LogP contribution in [0.15, 0.2) is 18.3 Å². The molecule has 0 fully saturated rings. The van der Waals surface area contributed by atoms with Gasteiger partial charge in [0, 0.05) is 24.1 Å². The minimum absolute atomic E-state index is 0.140. The van der Waals surface area contributed by atoms with Gasteiger partial charge in [0.2, 0.25) is 0 Å². The van der Waals surface area contributed by atoms with Crippen LogP contribution in [0.3, 0.4) is 0 Å². The summed E-state index contributed by atoms with van der Waals surface area (Å²) < 4.78 is 1.63. The fourth-order valence-electron chi connectivity index (χ4n) is 1.50. The summed E-state index contributed by atoms with van der Waals surface area (Å²) >= 11 is 0. The first kappa shape index (κ1) is 8.68. The number of nitrogens with zero attached hydrogens (tertiary/aromatic N) is 3. The summed E-state index contributed by atoms with van der Waals surface area (Å²) in [7, 11) is 1.77. The van der Waals surface area contributed by atoms with E-state index in [1.54, 1.807) is 37.0 Å². The largest absolute Gasteiger partial charge is 0.274 e. The highest BCUT2D eigenvalue weighted by Crippen LogP contribution is 2.24. The molecule has 0 N–H and O–H groups in total. The monoisotopic (exact) mass is 191 g/mol. The number of hydrogen-bond donors (Lipinski definition) is 0. The molecule has 0 saturated heterocycles. The molecule has 72 valence electrons. The highest BCUT2D eigenvalue weighted by Gasteiger charge is 2.13. The lowest BCUT2D eigenvalue weighted by Gasteiger charge is -1.98. The molecular formula is C9H9N3O2. The lowest BCUT2D eigenvalue weighted by molar-refractivity contribution is -0.385. The molecule has 0 saturated carbocycles. The smallest absolute Gasteiger partial charge is 0.268 e. The third-order valence-corrected chi connectivity index (χ3v) is 2.26. The fourth-order valence-corrected chi connectivity index (χ4v) is 1.50. The number of aryl methyl sites for hydroxylation is 2. The van der Waals surface area contributed by atoms with Crippen molar-refractivity contribution >= 4 is 16.6 Å². The zero-order valence-electron chi connectivity index (χ0n) is 7.89. The van der Waals surface area contributed by atoms with Gasteiger partial charge >= 0.3 is 0 Å². The maximum atomic E-state index is 10.7. The zero-order valence-corrected chi connectivity index (χ0v) is 7.89. The third kappa shape index (κ3) is 1.14. The van der Waals surface area contributed by atoms with Crippen LogP contribution in [0.25, 0.3) is 10.9 Å². The van der Waals surface area contributed by atoms with Gasteiger partial charge in [0.25, 0.3) is 5.69 Å². The first-order chi connectivity index (χ1) is 6.59. The topological polar surface area (TPSA) is 61.0 Å². The molecule has 0 aliphatic heterocycles. The summed E-state index contributed by atoms with van der Waals surface area (Å²) in [5.41, 5.74) is 1.58. The lowest BCUT2D eigenvalue weighted by atomic mass is 10.1. The van der Waals surface area contributed by atoms with Crippen molar-refractivity contribution in [2.75, 3.05) is 0 Å². The molecule has 1 aromatic heterocycles. The number of nitro groups is 1. The number of hydrogen-bond acceptors (Lipinski definition) is 3. The van der Waals surface area contributed by atoms with Gasteiger partial charge in [0.15, 0.2) is 0 Å². The van der Waals surface area contributed by atoms with Crippen LogP contribution >= 0.6 is 0 Å². The van der Waals surface area contributed by atoms with Crippen LogP contribution in [0.5, 0.6) is 0 Å². The van der Waals surface area contributed by atoms with E-state index >= 15 is 0 Å². The highest BCUT2D eigenvalue weighted by atomic mass is 16.6. The van der Waals surface area contributed by atoms with Crippen LogP contribution in [-0.4, -0.2) is 14.7 Å². The van der Waals surface area contributed by atoms with Gasteiger partial charge in [-0.3, -0.25) is 14.8 Å². The maximum Gasteiger partial charge on any atom is 0.274 e. The Bertz CT molecular complexity index is 516. The Labute approximate surface area is 80.1 Å². The second-order valence-electron chi connectivity index (χ2n) is 3.22. The maximum absolute atomic E-state index is 10.7. The fraction of sp³-hybridized carbons (Fsp3) is 0.222. The summed E-state index contributed by atoms with van der Waals surface area (Å²) in [6.45, 7) is 1.73. The molecule has 0 aliphatic rings. The van der Waals surface area contributed by atoms with Gasteiger partial charge in [-0.05, 0) is 13.0 Å². The Kier molecular flexibility index (Phi) is 1.73. The van der Waals surface area contributed by atoms with E-state index in [0.29, 0.717) is 5.56 Å². The van der Waals surface area contributed by atoms with Crippen molar-refractivity contribution in [2.24, 2.45) is 7.05 Å². The van der Waals surface area contributed by atoms with E-state index in [1.807, 2.05) is 0 Å². The number of nitro benzene ring substituents is 1. The summed E-state index contributed by atoms with van der Waals surface area (Å²) in [4.78, 5) is 10.3. The summed E-state index contributed by atoms with van der Waals surface area (Å²) in [5.74, 6) is 0. The van der Waals surface area contributed by atoms with Crippen molar-refractivity contribution in [1.29, 1.82) is 0 Å². The molecule has 0 amide bonds. The second-order valence-corrected chi connectivity index (χ2v) is 3.22. The molecule has 5 heteroatoms. The first-order valence-electron chi connectivity index (χ1n) is 4.16. The minimum atomic E-state index is -0.373. The Balaban J connectivity index is 2.80. The normalized spacial score (nSPS) is 10.7. The average Bonchev–Trinajstić information content (AvgIpc) is 2.46. The number of aromatic nitrogens is 2. The summed E-state index contributed by atoms with van der Waals surface area (Å²) in [6, 6.07) is 3.33. The quantitative estimate of drug-likeness (QED) is 0.510. The van der Waals surface area contributed by atoms with Crippen molar-refractivity contribution in [3.05, 3.63) is 34.0 Å². The SMILES string of the molecule is Cc1cc2cnn(C)c2cc1[N+](=O)[O-]. The van der Waals surface area contributed by atoms with Crippen molar-refractivity contribution in [1.82, 2.24) is 9.78 Å². The van der Waals surface area contributed by atoms with Gasteiger partial charge < -0.3 is 0 Å². The predicted octanol–water partition coefficient (Wildman–Crippen LogP) is 1.79. The third-order valence-electron chi connectivity index (χ3n) is 2.26. The zero-order chi connectivity index (χ0) is 10.3. The van der Waals surface area contributed by atoms with E-state index in [0.717, 1.165) is 10.9 Å². The van der Waals surface area contributed by atoms with Crippen LogP contribution in [-0.2, 0) is 7.05 Å². The predicted molar refractivity (Wildman–Crippen MR) is 52.1 cm³/mol. The van der Waals surface area contributed by atoms with Gasteiger partial charge in [-0.15, -0.1) is 0 Å². The van der Waals surface area contributed by atoms with Crippen molar-refractivity contribution in [2.45, 2.75) is 6.92 Å². The minimum Gasteiger partial charge on any atom is -0.268 e. The number of rotatable bonds is 1. The molecule has 14 heavy (non-hydrogen) atoms. The number of benzene rings is 1. The van der Waals surface area contributed by atoms with Crippen LogP contribution in [0.2, 0.25) is 0 Å². The molecule has 5 nitrogen and oxygen atoms in total. The molecule has 1 aromatic carbocycles. The van der Waals surface area contributed by atoms with E-state index in [4.69, 9.17) is 0 Å². The van der Waals surface area contributed by atoms with Crippen LogP contribution in [0.1, 0.15) is 5.56 Å². The van der Waals surface area contributed by atoms with E-state index in [9.17, 15) is 10.1 Å². The summed E-state index contributed by atoms with van der Waals surface area (Å²) in [5, 5.41) is 15.6. The van der Waals surface area contributed by atoms with Gasteiger partial charge in [0.1, 0.15) is 0 Å². The molecule has 0 aliphatic carbocycles. The molecule has 0 atom stereocenters. The van der Waals surface area contributed by atoms with E-state index < -0.39 is 0 Å². The molecule has 0 bridgehead atoms. The van der Waals surface area contributed by atoms with Crippen LogP contribution in [0, 0.1) is 17.0 Å². The molecule has 0 radical (unpaired) electrons. The van der Waals surface area contributed by atoms with Crippen LogP contribution in [0.4, 0.5) is 5.69 Å². The Morgan fingerprint density at radius 1 is 1.50 bits per heavy atom. The van der Waals surface area contributed by atoms with E-state index in [-0.39, 0.29) is 10.6 Å². The van der Waals surface area contributed by atoms with E-state index in [2.05, 4.69) is 5.10 Å². The lowest BCUT2D eigenvalue weighted by Crippen LogP contribution is -1.94. The van der Waals surface area contributed by atoms with Gasteiger partial charge in [-0.2, -0.15) is 5.10 Å². The first-order valence-corrected chi connectivity index (χ1v) is 4.16. The standard InChI is InChI=1S/C9H9N3O2/c1-6-3-7-5-10-11(2)9(7)4-8(6)12(13)14/h3-5H,1-2H3. The Morgan fingerprint density at radius 2 is 2.21 bits per heavy atom. The molecule has 1 heterocycles. The number of fused-ring (bicyclic) bond motifs is 1. The molecule has 2 rings (SSSR count).